The maximum atomic E-state index is 12.2. The molecule has 1 amide bonds. The van der Waals surface area contributed by atoms with Crippen LogP contribution in [0.1, 0.15) is 28.9 Å². The summed E-state index contributed by atoms with van der Waals surface area (Å²) in [6.45, 7) is 1.90. The van der Waals surface area contributed by atoms with Gasteiger partial charge in [0.15, 0.2) is 0 Å². The van der Waals surface area contributed by atoms with Crippen molar-refractivity contribution in [2.24, 2.45) is 0 Å². The van der Waals surface area contributed by atoms with E-state index in [0.717, 1.165) is 10.0 Å². The molecule has 1 atom stereocenters. The Labute approximate surface area is 131 Å². The molecule has 0 aliphatic rings. The summed E-state index contributed by atoms with van der Waals surface area (Å²) in [7, 11) is 0. The lowest BCUT2D eigenvalue weighted by Gasteiger charge is -2.15. The fourth-order valence-corrected chi connectivity index (χ4v) is 2.62. The summed E-state index contributed by atoms with van der Waals surface area (Å²) in [6.07, 6.45) is 0. The number of amides is 1. The topological polar surface area (TPSA) is 55.1 Å². The first-order valence-electron chi connectivity index (χ1n) is 6.08. The summed E-state index contributed by atoms with van der Waals surface area (Å²) in [6, 6.07) is 12.5. The molecule has 0 heterocycles. The van der Waals surface area contributed by atoms with Gasteiger partial charge in [-0.25, -0.2) is 0 Å². The summed E-state index contributed by atoms with van der Waals surface area (Å²) < 4.78 is 0.836. The Morgan fingerprint density at radius 2 is 2.05 bits per heavy atom. The van der Waals surface area contributed by atoms with Gasteiger partial charge >= 0.3 is 0 Å². The maximum Gasteiger partial charge on any atom is 0.253 e. The van der Waals surface area contributed by atoms with Crippen LogP contribution in [-0.4, -0.2) is 5.91 Å². The number of nitrogens with one attached hydrogen (secondary N) is 1. The SMILES string of the molecule is CC(NC(=O)c1ccc(Br)cc1Cl)c1cccc(N)c1. The zero-order valence-corrected chi connectivity index (χ0v) is 13.2. The number of halogens is 2. The highest BCUT2D eigenvalue weighted by atomic mass is 79.9. The van der Waals surface area contributed by atoms with E-state index in [2.05, 4.69) is 21.2 Å². The van der Waals surface area contributed by atoms with E-state index in [1.54, 1.807) is 18.2 Å². The zero-order chi connectivity index (χ0) is 14.7. The smallest absolute Gasteiger partial charge is 0.253 e. The normalized spacial score (nSPS) is 11.9. The minimum Gasteiger partial charge on any atom is -0.399 e. The third-order valence-corrected chi connectivity index (χ3v) is 3.74. The number of rotatable bonds is 3. The molecule has 0 aromatic heterocycles. The van der Waals surface area contributed by atoms with Crippen molar-refractivity contribution >= 4 is 39.1 Å². The first-order chi connectivity index (χ1) is 9.47. The van der Waals surface area contributed by atoms with E-state index in [0.29, 0.717) is 16.3 Å². The van der Waals surface area contributed by atoms with Gasteiger partial charge in [0.2, 0.25) is 0 Å². The second-order valence-electron chi connectivity index (χ2n) is 4.49. The van der Waals surface area contributed by atoms with Gasteiger partial charge in [-0.1, -0.05) is 39.7 Å². The Bertz CT molecular complexity index is 646. The molecule has 2 aromatic rings. The highest BCUT2D eigenvalue weighted by Gasteiger charge is 2.14. The summed E-state index contributed by atoms with van der Waals surface area (Å²) in [5.74, 6) is -0.211. The largest absolute Gasteiger partial charge is 0.399 e. The van der Waals surface area contributed by atoms with Crippen LogP contribution in [-0.2, 0) is 0 Å². The molecule has 0 aliphatic carbocycles. The van der Waals surface area contributed by atoms with Gasteiger partial charge in [0.1, 0.15) is 0 Å². The van der Waals surface area contributed by atoms with E-state index in [1.165, 1.54) is 0 Å². The standard InChI is InChI=1S/C15H14BrClN2O/c1-9(10-3-2-4-12(18)7-10)19-15(20)13-6-5-11(16)8-14(13)17/h2-9H,18H2,1H3,(H,19,20). The zero-order valence-electron chi connectivity index (χ0n) is 10.9. The number of nitrogen functional groups attached to an aromatic ring is 1. The molecule has 3 N–H and O–H groups in total. The highest BCUT2D eigenvalue weighted by Crippen LogP contribution is 2.22. The number of anilines is 1. The molecule has 2 aromatic carbocycles. The van der Waals surface area contributed by atoms with Crippen molar-refractivity contribution < 1.29 is 4.79 Å². The van der Waals surface area contributed by atoms with Crippen LogP contribution in [0.3, 0.4) is 0 Å². The van der Waals surface area contributed by atoms with Crippen LogP contribution in [0.4, 0.5) is 5.69 Å². The van der Waals surface area contributed by atoms with E-state index in [-0.39, 0.29) is 11.9 Å². The Kier molecular flexibility index (Phi) is 4.68. The Morgan fingerprint density at radius 3 is 2.70 bits per heavy atom. The van der Waals surface area contributed by atoms with Crippen LogP contribution >= 0.6 is 27.5 Å². The predicted octanol–water partition coefficient (Wildman–Crippen LogP) is 4.18. The van der Waals surface area contributed by atoms with Crippen LogP contribution in [0.15, 0.2) is 46.9 Å². The minimum atomic E-state index is -0.211. The summed E-state index contributed by atoms with van der Waals surface area (Å²) in [5.41, 5.74) is 7.81. The van der Waals surface area contributed by atoms with Gasteiger partial charge in [-0.15, -0.1) is 0 Å². The van der Waals surface area contributed by atoms with E-state index in [9.17, 15) is 4.79 Å². The van der Waals surface area contributed by atoms with Gasteiger partial charge in [-0.05, 0) is 42.8 Å². The van der Waals surface area contributed by atoms with Crippen LogP contribution in [0.2, 0.25) is 5.02 Å². The predicted molar refractivity (Wildman–Crippen MR) is 85.9 cm³/mol. The summed E-state index contributed by atoms with van der Waals surface area (Å²) in [5, 5.41) is 3.32. The molecule has 0 spiro atoms. The second-order valence-corrected chi connectivity index (χ2v) is 5.81. The van der Waals surface area contributed by atoms with Crippen molar-refractivity contribution in [3.05, 3.63) is 63.1 Å². The van der Waals surface area contributed by atoms with Crippen molar-refractivity contribution in [1.82, 2.24) is 5.32 Å². The monoisotopic (exact) mass is 352 g/mol. The van der Waals surface area contributed by atoms with Crippen molar-refractivity contribution in [1.29, 1.82) is 0 Å². The van der Waals surface area contributed by atoms with E-state index in [4.69, 9.17) is 17.3 Å². The molecule has 104 valence electrons. The van der Waals surface area contributed by atoms with E-state index >= 15 is 0 Å². The second kappa shape index (κ2) is 6.29. The number of hydrogen-bond donors (Lipinski definition) is 2. The number of nitrogens with two attached hydrogens (primary N) is 1. The molecule has 0 saturated carbocycles. The molecule has 5 heteroatoms. The number of hydrogen-bond acceptors (Lipinski definition) is 2. The third kappa shape index (κ3) is 3.52. The first kappa shape index (κ1) is 14.9. The molecule has 0 radical (unpaired) electrons. The molecule has 1 unspecified atom stereocenters. The van der Waals surface area contributed by atoms with Gasteiger partial charge in [-0.2, -0.15) is 0 Å². The minimum absolute atomic E-state index is 0.147. The Morgan fingerprint density at radius 1 is 1.30 bits per heavy atom. The van der Waals surface area contributed by atoms with Gasteiger partial charge in [0.05, 0.1) is 16.6 Å². The molecule has 20 heavy (non-hydrogen) atoms. The lowest BCUT2D eigenvalue weighted by Crippen LogP contribution is -2.26. The van der Waals surface area contributed by atoms with Crippen molar-refractivity contribution in [2.45, 2.75) is 13.0 Å². The Hall–Kier alpha value is -1.52. The molecule has 0 bridgehead atoms. The number of carbonyl (C=O) groups excluding carboxylic acids is 1. The van der Waals surface area contributed by atoms with Gasteiger partial charge in [-0.3, -0.25) is 4.79 Å². The fraction of sp³-hybridized carbons (Fsp3) is 0.133. The Balaban J connectivity index is 2.15. The number of carbonyl (C=O) groups is 1. The average Bonchev–Trinajstić information content (AvgIpc) is 2.38. The molecular formula is C15H14BrClN2O. The lowest BCUT2D eigenvalue weighted by atomic mass is 10.1. The lowest BCUT2D eigenvalue weighted by molar-refractivity contribution is 0.0940. The van der Waals surface area contributed by atoms with Crippen molar-refractivity contribution in [3.63, 3.8) is 0 Å². The third-order valence-electron chi connectivity index (χ3n) is 2.93. The molecule has 0 saturated heterocycles. The first-order valence-corrected chi connectivity index (χ1v) is 7.26. The quantitative estimate of drug-likeness (QED) is 0.813. The van der Waals surface area contributed by atoms with Gasteiger partial charge in [0.25, 0.3) is 5.91 Å². The van der Waals surface area contributed by atoms with Crippen LogP contribution in [0, 0.1) is 0 Å². The summed E-state index contributed by atoms with van der Waals surface area (Å²) in [4.78, 5) is 12.2. The van der Waals surface area contributed by atoms with Gasteiger partial charge in [0, 0.05) is 10.2 Å². The molecule has 3 nitrogen and oxygen atoms in total. The van der Waals surface area contributed by atoms with E-state index < -0.39 is 0 Å². The van der Waals surface area contributed by atoms with Gasteiger partial charge < -0.3 is 11.1 Å². The van der Waals surface area contributed by atoms with Crippen molar-refractivity contribution in [3.8, 4) is 0 Å². The van der Waals surface area contributed by atoms with E-state index in [1.807, 2.05) is 31.2 Å². The van der Waals surface area contributed by atoms with Crippen LogP contribution < -0.4 is 11.1 Å². The molecule has 0 aliphatic heterocycles. The molecular weight excluding hydrogens is 340 g/mol. The van der Waals surface area contributed by atoms with Crippen LogP contribution in [0.25, 0.3) is 0 Å². The fourth-order valence-electron chi connectivity index (χ4n) is 1.86. The maximum absolute atomic E-state index is 12.2. The average molecular weight is 354 g/mol. The summed E-state index contributed by atoms with van der Waals surface area (Å²) >= 11 is 9.38. The molecule has 2 rings (SSSR count). The van der Waals surface area contributed by atoms with Crippen LogP contribution in [0.5, 0.6) is 0 Å². The number of benzene rings is 2. The highest BCUT2D eigenvalue weighted by molar-refractivity contribution is 9.10. The molecule has 0 fully saturated rings. The van der Waals surface area contributed by atoms with Crippen molar-refractivity contribution in [2.75, 3.05) is 5.73 Å².